The normalized spacial score (nSPS) is 10.3. The number of anilines is 1. The molecule has 0 aliphatic carbocycles. The molecule has 1 N–H and O–H groups in total. The summed E-state index contributed by atoms with van der Waals surface area (Å²) in [7, 11) is 0. The van der Waals surface area contributed by atoms with Gasteiger partial charge in [0.1, 0.15) is 10.8 Å². The van der Waals surface area contributed by atoms with Crippen LogP contribution >= 0.6 is 11.3 Å². The summed E-state index contributed by atoms with van der Waals surface area (Å²) in [5.41, 5.74) is 3.05. The summed E-state index contributed by atoms with van der Waals surface area (Å²) >= 11 is 1.40. The van der Waals surface area contributed by atoms with Crippen LogP contribution < -0.4 is 10.1 Å². The van der Waals surface area contributed by atoms with Crippen LogP contribution in [-0.2, 0) is 4.79 Å². The van der Waals surface area contributed by atoms with E-state index in [2.05, 4.69) is 10.3 Å². The summed E-state index contributed by atoms with van der Waals surface area (Å²) in [6.45, 7) is 3.45. The fourth-order valence-corrected chi connectivity index (χ4v) is 2.96. The molecule has 0 spiro atoms. The first kappa shape index (κ1) is 16.9. The Balaban J connectivity index is 1.69. The molecule has 6 heteroatoms. The predicted octanol–water partition coefficient (Wildman–Crippen LogP) is 4.30. The summed E-state index contributed by atoms with van der Waals surface area (Å²) in [5.74, 6) is -0.276. The van der Waals surface area contributed by atoms with Crippen molar-refractivity contribution in [1.82, 2.24) is 4.98 Å². The van der Waals surface area contributed by atoms with Crippen molar-refractivity contribution < 1.29 is 14.3 Å². The van der Waals surface area contributed by atoms with E-state index in [0.717, 1.165) is 10.6 Å². The number of carbonyl (C=O) groups excluding carboxylic acids is 2. The zero-order valence-corrected chi connectivity index (χ0v) is 14.6. The average Bonchev–Trinajstić information content (AvgIpc) is 3.07. The minimum Gasteiger partial charge on any atom is -0.422 e. The van der Waals surface area contributed by atoms with Gasteiger partial charge in [-0.05, 0) is 31.2 Å². The van der Waals surface area contributed by atoms with Crippen LogP contribution in [0.25, 0.3) is 10.6 Å². The van der Waals surface area contributed by atoms with Crippen LogP contribution in [0.15, 0.2) is 53.9 Å². The lowest BCUT2D eigenvalue weighted by Crippen LogP contribution is -2.09. The summed E-state index contributed by atoms with van der Waals surface area (Å²) in [6, 6.07) is 14.5. The van der Waals surface area contributed by atoms with Gasteiger partial charge < -0.3 is 10.1 Å². The van der Waals surface area contributed by atoms with Gasteiger partial charge in [0.15, 0.2) is 5.69 Å². The third-order valence-corrected chi connectivity index (χ3v) is 4.29. The molecule has 0 aliphatic heterocycles. The summed E-state index contributed by atoms with van der Waals surface area (Å²) in [4.78, 5) is 27.6. The maximum absolute atomic E-state index is 12.2. The largest absolute Gasteiger partial charge is 0.422 e. The molecule has 1 aromatic heterocycles. The Morgan fingerprint density at radius 2 is 1.72 bits per heavy atom. The summed E-state index contributed by atoms with van der Waals surface area (Å²) in [5, 5.41) is 5.11. The number of ether oxygens (including phenoxy) is 1. The Morgan fingerprint density at radius 1 is 1.04 bits per heavy atom. The quantitative estimate of drug-likeness (QED) is 0.562. The molecular formula is C19H16N2O3S. The van der Waals surface area contributed by atoms with Crippen LogP contribution in [0.3, 0.4) is 0 Å². The van der Waals surface area contributed by atoms with E-state index in [1.165, 1.54) is 23.8 Å². The van der Waals surface area contributed by atoms with Crippen molar-refractivity contribution >= 4 is 28.9 Å². The fourth-order valence-electron chi connectivity index (χ4n) is 2.17. The minimum atomic E-state index is -0.512. The minimum absolute atomic E-state index is 0.157. The maximum Gasteiger partial charge on any atom is 0.363 e. The van der Waals surface area contributed by atoms with Gasteiger partial charge in [0.05, 0.1) is 0 Å². The number of esters is 1. The van der Waals surface area contributed by atoms with Crippen molar-refractivity contribution in [3.63, 3.8) is 0 Å². The van der Waals surface area contributed by atoms with Crippen LogP contribution in [0, 0.1) is 6.92 Å². The van der Waals surface area contributed by atoms with Gasteiger partial charge in [0, 0.05) is 23.6 Å². The van der Waals surface area contributed by atoms with Crippen molar-refractivity contribution in [3.8, 4) is 16.3 Å². The number of thiazole rings is 1. The molecule has 126 valence electrons. The highest BCUT2D eigenvalue weighted by atomic mass is 32.1. The van der Waals surface area contributed by atoms with Gasteiger partial charge in [-0.25, -0.2) is 9.78 Å². The molecule has 0 aliphatic rings. The summed E-state index contributed by atoms with van der Waals surface area (Å²) in [6.07, 6.45) is 0. The van der Waals surface area contributed by atoms with Gasteiger partial charge in [-0.15, -0.1) is 11.3 Å². The topological polar surface area (TPSA) is 68.3 Å². The van der Waals surface area contributed by atoms with Crippen LogP contribution in [0.4, 0.5) is 5.69 Å². The van der Waals surface area contributed by atoms with E-state index in [1.807, 2.05) is 31.2 Å². The Hall–Kier alpha value is -2.99. The van der Waals surface area contributed by atoms with Crippen molar-refractivity contribution in [1.29, 1.82) is 0 Å². The van der Waals surface area contributed by atoms with Crippen LogP contribution in [-0.4, -0.2) is 16.9 Å². The molecule has 0 atom stereocenters. The standard InChI is InChI=1S/C19H16N2O3S/c1-12-3-5-14(6-4-12)18-21-17(11-25-18)19(23)24-16-9-7-15(8-10-16)20-13(2)22/h3-11H,1-2H3,(H,20,22). The van der Waals surface area contributed by atoms with Gasteiger partial charge in [-0.3, -0.25) is 4.79 Å². The zero-order valence-electron chi connectivity index (χ0n) is 13.8. The maximum atomic E-state index is 12.2. The highest BCUT2D eigenvalue weighted by Gasteiger charge is 2.14. The number of hydrogen-bond donors (Lipinski definition) is 1. The van der Waals surface area contributed by atoms with Gasteiger partial charge >= 0.3 is 5.97 Å². The lowest BCUT2D eigenvalue weighted by atomic mass is 10.2. The Kier molecular flexibility index (Phi) is 4.90. The van der Waals surface area contributed by atoms with Gasteiger partial charge in [0.25, 0.3) is 0 Å². The SMILES string of the molecule is CC(=O)Nc1ccc(OC(=O)c2csc(-c3ccc(C)cc3)n2)cc1. The molecule has 1 heterocycles. The summed E-state index contributed by atoms with van der Waals surface area (Å²) < 4.78 is 5.32. The van der Waals surface area contributed by atoms with Crippen molar-refractivity contribution in [3.05, 3.63) is 65.2 Å². The molecule has 0 saturated carbocycles. The van der Waals surface area contributed by atoms with Gasteiger partial charge in [0.2, 0.25) is 5.91 Å². The number of benzene rings is 2. The molecule has 3 aromatic rings. The van der Waals surface area contributed by atoms with Crippen molar-refractivity contribution in [2.45, 2.75) is 13.8 Å². The number of aromatic nitrogens is 1. The van der Waals surface area contributed by atoms with Crippen LogP contribution in [0.1, 0.15) is 23.0 Å². The number of nitrogens with zero attached hydrogens (tertiary/aromatic N) is 1. The first-order valence-corrected chi connectivity index (χ1v) is 8.51. The first-order chi connectivity index (χ1) is 12.0. The molecule has 3 rings (SSSR count). The third kappa shape index (κ3) is 4.30. The smallest absolute Gasteiger partial charge is 0.363 e. The Bertz CT molecular complexity index is 899. The molecule has 1 amide bonds. The molecular weight excluding hydrogens is 336 g/mol. The van der Waals surface area contributed by atoms with E-state index in [4.69, 9.17) is 4.74 Å². The number of nitrogens with one attached hydrogen (secondary N) is 1. The highest BCUT2D eigenvalue weighted by Crippen LogP contribution is 2.25. The lowest BCUT2D eigenvalue weighted by molar-refractivity contribution is -0.114. The van der Waals surface area contributed by atoms with E-state index in [9.17, 15) is 9.59 Å². The second kappa shape index (κ2) is 7.27. The third-order valence-electron chi connectivity index (χ3n) is 3.40. The number of hydrogen-bond acceptors (Lipinski definition) is 5. The Labute approximate surface area is 149 Å². The predicted molar refractivity (Wildman–Crippen MR) is 98.0 cm³/mol. The average molecular weight is 352 g/mol. The van der Waals surface area contributed by atoms with E-state index < -0.39 is 5.97 Å². The van der Waals surface area contributed by atoms with E-state index in [0.29, 0.717) is 11.4 Å². The van der Waals surface area contributed by atoms with Crippen LogP contribution in [0.5, 0.6) is 5.75 Å². The molecule has 0 saturated heterocycles. The van der Waals surface area contributed by atoms with Gasteiger partial charge in [-0.1, -0.05) is 29.8 Å². The lowest BCUT2D eigenvalue weighted by Gasteiger charge is -2.05. The number of rotatable bonds is 4. The second-order valence-electron chi connectivity index (χ2n) is 5.50. The number of aryl methyl sites for hydroxylation is 1. The number of carbonyl (C=O) groups is 2. The molecule has 25 heavy (non-hydrogen) atoms. The second-order valence-corrected chi connectivity index (χ2v) is 6.36. The first-order valence-electron chi connectivity index (χ1n) is 7.63. The molecule has 0 unspecified atom stereocenters. The highest BCUT2D eigenvalue weighted by molar-refractivity contribution is 7.13. The fraction of sp³-hybridized carbons (Fsp3) is 0.105. The Morgan fingerprint density at radius 3 is 2.36 bits per heavy atom. The molecule has 0 fully saturated rings. The monoisotopic (exact) mass is 352 g/mol. The van der Waals surface area contributed by atoms with E-state index in [-0.39, 0.29) is 11.6 Å². The molecule has 5 nitrogen and oxygen atoms in total. The molecule has 2 aromatic carbocycles. The molecule has 0 radical (unpaired) electrons. The zero-order chi connectivity index (χ0) is 17.8. The number of amides is 1. The van der Waals surface area contributed by atoms with E-state index >= 15 is 0 Å². The van der Waals surface area contributed by atoms with Crippen molar-refractivity contribution in [2.24, 2.45) is 0 Å². The van der Waals surface area contributed by atoms with E-state index in [1.54, 1.807) is 29.6 Å². The molecule has 0 bridgehead atoms. The van der Waals surface area contributed by atoms with Gasteiger partial charge in [-0.2, -0.15) is 0 Å². The van der Waals surface area contributed by atoms with Crippen molar-refractivity contribution in [2.75, 3.05) is 5.32 Å². The van der Waals surface area contributed by atoms with Crippen LogP contribution in [0.2, 0.25) is 0 Å².